The molecule has 0 bridgehead atoms. The van der Waals surface area contributed by atoms with E-state index < -0.39 is 5.82 Å². The van der Waals surface area contributed by atoms with E-state index in [1.165, 1.54) is 37.6 Å². The molecule has 1 N–H and O–H groups in total. The third kappa shape index (κ3) is 2.13. The van der Waals surface area contributed by atoms with Gasteiger partial charge in [0.25, 0.3) is 5.91 Å². The van der Waals surface area contributed by atoms with Gasteiger partial charge >= 0.3 is 0 Å². The van der Waals surface area contributed by atoms with Crippen molar-refractivity contribution >= 4 is 5.91 Å². The molecule has 0 atom stereocenters. The summed E-state index contributed by atoms with van der Waals surface area (Å²) in [5.41, 5.74) is 0.339. The maximum absolute atomic E-state index is 13.8. The summed E-state index contributed by atoms with van der Waals surface area (Å²) < 4.78 is 13.8. The normalized spacial score (nSPS) is 10.0. The number of rotatable bonds is 2. The summed E-state index contributed by atoms with van der Waals surface area (Å²) in [6, 6.07) is 5.92. The molecule has 0 spiro atoms. The third-order valence-corrected chi connectivity index (χ3v) is 2.27. The van der Waals surface area contributed by atoms with Gasteiger partial charge in [0.1, 0.15) is 5.82 Å². The van der Waals surface area contributed by atoms with E-state index >= 15 is 0 Å². The number of nitrogens with zero attached hydrogens (tertiary/aromatic N) is 2. The molecular weight excluding hydrogens is 221 g/mol. The Bertz CT molecular complexity index is 543. The number of amides is 1. The molecule has 0 aliphatic heterocycles. The lowest BCUT2D eigenvalue weighted by atomic mass is 10.1. The van der Waals surface area contributed by atoms with Crippen molar-refractivity contribution in [3.63, 3.8) is 0 Å². The first-order valence-electron chi connectivity index (χ1n) is 5.02. The molecule has 0 aliphatic carbocycles. The molecule has 0 unspecified atom stereocenters. The number of aromatic nitrogens is 2. The number of carbonyl (C=O) groups excluding carboxylic acids is 1. The van der Waals surface area contributed by atoms with E-state index in [0.29, 0.717) is 0 Å². The predicted octanol–water partition coefficient (Wildman–Crippen LogP) is 1.64. The lowest BCUT2D eigenvalue weighted by molar-refractivity contribution is 0.0963. The van der Waals surface area contributed by atoms with Crippen LogP contribution < -0.4 is 5.32 Å². The van der Waals surface area contributed by atoms with E-state index in [1.807, 2.05) is 0 Å². The smallest absolute Gasteiger partial charge is 0.251 e. The molecule has 1 aromatic carbocycles. The van der Waals surface area contributed by atoms with Crippen LogP contribution in [-0.4, -0.2) is 22.9 Å². The number of nitrogens with one attached hydrogen (secondary N) is 1. The molecule has 4 nitrogen and oxygen atoms in total. The zero-order chi connectivity index (χ0) is 12.3. The molecule has 0 aliphatic rings. The van der Waals surface area contributed by atoms with E-state index in [-0.39, 0.29) is 22.9 Å². The van der Waals surface area contributed by atoms with Crippen molar-refractivity contribution in [1.29, 1.82) is 0 Å². The minimum Gasteiger partial charge on any atom is -0.355 e. The zero-order valence-electron chi connectivity index (χ0n) is 9.14. The monoisotopic (exact) mass is 231 g/mol. The van der Waals surface area contributed by atoms with Crippen molar-refractivity contribution in [3.05, 3.63) is 48.0 Å². The summed E-state index contributed by atoms with van der Waals surface area (Å²) in [4.78, 5) is 19.5. The van der Waals surface area contributed by atoms with E-state index in [4.69, 9.17) is 0 Å². The van der Waals surface area contributed by atoms with E-state index in [0.717, 1.165) is 0 Å². The molecular formula is C12H10FN3O. The van der Waals surface area contributed by atoms with Crippen molar-refractivity contribution in [3.8, 4) is 11.4 Å². The van der Waals surface area contributed by atoms with Gasteiger partial charge in [-0.25, -0.2) is 14.4 Å². The van der Waals surface area contributed by atoms with Crippen molar-refractivity contribution in [2.24, 2.45) is 0 Å². The molecule has 1 heterocycles. The van der Waals surface area contributed by atoms with Crippen LogP contribution in [0.15, 0.2) is 36.7 Å². The Morgan fingerprint density at radius 1 is 1.24 bits per heavy atom. The maximum Gasteiger partial charge on any atom is 0.251 e. The van der Waals surface area contributed by atoms with Crippen LogP contribution in [0, 0.1) is 5.82 Å². The predicted molar refractivity (Wildman–Crippen MR) is 60.8 cm³/mol. The Labute approximate surface area is 97.5 Å². The number of carbonyl (C=O) groups is 1. The lowest BCUT2D eigenvalue weighted by Gasteiger charge is -2.07. The molecule has 5 heteroatoms. The van der Waals surface area contributed by atoms with Gasteiger partial charge in [-0.15, -0.1) is 0 Å². The van der Waals surface area contributed by atoms with Crippen LogP contribution in [0.25, 0.3) is 11.4 Å². The molecule has 0 radical (unpaired) electrons. The van der Waals surface area contributed by atoms with Crippen molar-refractivity contribution in [2.45, 2.75) is 0 Å². The van der Waals surface area contributed by atoms with Crippen LogP contribution in [0.3, 0.4) is 0 Å². The van der Waals surface area contributed by atoms with Crippen LogP contribution in [0.1, 0.15) is 10.4 Å². The van der Waals surface area contributed by atoms with Crippen molar-refractivity contribution in [2.75, 3.05) is 7.05 Å². The summed E-state index contributed by atoms with van der Waals surface area (Å²) in [7, 11) is 1.49. The molecule has 17 heavy (non-hydrogen) atoms. The largest absolute Gasteiger partial charge is 0.355 e. The number of benzene rings is 1. The Balaban J connectivity index is 2.64. The molecule has 0 saturated heterocycles. The van der Waals surface area contributed by atoms with Gasteiger partial charge in [-0.1, -0.05) is 6.07 Å². The Kier molecular flexibility index (Phi) is 3.09. The van der Waals surface area contributed by atoms with Gasteiger partial charge in [0.05, 0.1) is 11.1 Å². The summed E-state index contributed by atoms with van der Waals surface area (Å²) in [6.45, 7) is 0. The number of hydrogen-bond donors (Lipinski definition) is 1. The summed E-state index contributed by atoms with van der Waals surface area (Å²) in [6.07, 6.45) is 3.00. The highest BCUT2D eigenvalue weighted by Gasteiger charge is 2.17. The fourth-order valence-electron chi connectivity index (χ4n) is 1.50. The number of halogens is 1. The van der Waals surface area contributed by atoms with Crippen LogP contribution in [0.5, 0.6) is 0 Å². The Morgan fingerprint density at radius 2 is 1.94 bits per heavy atom. The highest BCUT2D eigenvalue weighted by Crippen LogP contribution is 2.23. The fourth-order valence-corrected chi connectivity index (χ4v) is 1.50. The van der Waals surface area contributed by atoms with E-state index in [1.54, 1.807) is 6.07 Å². The standard InChI is InChI=1S/C12H10FN3O/c1-14-12(17)8-4-2-5-9(13)10(8)11-15-6-3-7-16-11/h2-7H,1H3,(H,14,17). The van der Waals surface area contributed by atoms with Gasteiger partial charge in [0.2, 0.25) is 0 Å². The minimum absolute atomic E-state index is 0.118. The topological polar surface area (TPSA) is 54.9 Å². The quantitative estimate of drug-likeness (QED) is 0.854. The summed E-state index contributed by atoms with van der Waals surface area (Å²) in [5, 5.41) is 2.46. The van der Waals surface area contributed by atoms with Crippen molar-refractivity contribution in [1.82, 2.24) is 15.3 Å². The highest BCUT2D eigenvalue weighted by atomic mass is 19.1. The highest BCUT2D eigenvalue weighted by molar-refractivity contribution is 6.00. The average molecular weight is 231 g/mol. The second-order valence-electron chi connectivity index (χ2n) is 3.31. The fraction of sp³-hybridized carbons (Fsp3) is 0.0833. The zero-order valence-corrected chi connectivity index (χ0v) is 9.14. The molecule has 0 fully saturated rings. The third-order valence-electron chi connectivity index (χ3n) is 2.27. The van der Waals surface area contributed by atoms with Crippen LogP contribution in [0.4, 0.5) is 4.39 Å². The molecule has 0 saturated carbocycles. The molecule has 2 rings (SSSR count). The number of hydrogen-bond acceptors (Lipinski definition) is 3. The van der Waals surface area contributed by atoms with Gasteiger partial charge in [0.15, 0.2) is 5.82 Å². The first kappa shape index (κ1) is 11.2. The first-order chi connectivity index (χ1) is 8.24. The van der Waals surface area contributed by atoms with E-state index in [2.05, 4.69) is 15.3 Å². The van der Waals surface area contributed by atoms with Gasteiger partial charge in [-0.2, -0.15) is 0 Å². The average Bonchev–Trinajstić information content (AvgIpc) is 2.38. The molecule has 1 aromatic heterocycles. The minimum atomic E-state index is -0.516. The molecule has 1 amide bonds. The van der Waals surface area contributed by atoms with Gasteiger partial charge in [-0.05, 0) is 18.2 Å². The van der Waals surface area contributed by atoms with Crippen LogP contribution in [0.2, 0.25) is 0 Å². The summed E-state index contributed by atoms with van der Waals surface area (Å²) >= 11 is 0. The first-order valence-corrected chi connectivity index (χ1v) is 5.02. The van der Waals surface area contributed by atoms with Crippen molar-refractivity contribution < 1.29 is 9.18 Å². The molecule has 2 aromatic rings. The molecule has 86 valence electrons. The lowest BCUT2D eigenvalue weighted by Crippen LogP contribution is -2.19. The van der Waals surface area contributed by atoms with Gasteiger partial charge in [0, 0.05) is 19.4 Å². The second-order valence-corrected chi connectivity index (χ2v) is 3.31. The SMILES string of the molecule is CNC(=O)c1cccc(F)c1-c1ncccn1. The summed E-state index contributed by atoms with van der Waals surface area (Å²) in [5.74, 6) is -0.687. The Hall–Kier alpha value is -2.30. The maximum atomic E-state index is 13.8. The second kappa shape index (κ2) is 4.69. The van der Waals surface area contributed by atoms with Crippen LogP contribution >= 0.6 is 0 Å². The van der Waals surface area contributed by atoms with Gasteiger partial charge in [-0.3, -0.25) is 4.79 Å². The van der Waals surface area contributed by atoms with Crippen LogP contribution in [-0.2, 0) is 0 Å². The van der Waals surface area contributed by atoms with E-state index in [9.17, 15) is 9.18 Å². The van der Waals surface area contributed by atoms with Gasteiger partial charge < -0.3 is 5.32 Å². The Morgan fingerprint density at radius 3 is 2.59 bits per heavy atom.